The number of amides is 2. The molecule has 0 radical (unpaired) electrons. The first-order valence-electron chi connectivity index (χ1n) is 14.0. The molecule has 4 rings (SSSR count). The number of likely N-dealkylation sites (tertiary alicyclic amines) is 1. The predicted molar refractivity (Wildman–Crippen MR) is 152 cm³/mol. The highest BCUT2D eigenvalue weighted by Gasteiger charge is 2.42. The Morgan fingerprint density at radius 1 is 1.05 bits per heavy atom. The van der Waals surface area contributed by atoms with Gasteiger partial charge in [-0.2, -0.15) is 0 Å². The van der Waals surface area contributed by atoms with Crippen molar-refractivity contribution in [2.24, 2.45) is 5.92 Å². The normalized spacial score (nSPS) is 18.2. The Labute approximate surface area is 227 Å². The summed E-state index contributed by atoms with van der Waals surface area (Å²) < 4.78 is 0. The number of hydrogen-bond acceptors (Lipinski definition) is 3. The number of benzene rings is 2. The van der Waals surface area contributed by atoms with Gasteiger partial charge in [0.2, 0.25) is 11.8 Å². The fourth-order valence-corrected chi connectivity index (χ4v) is 6.17. The van der Waals surface area contributed by atoms with Gasteiger partial charge in [-0.05, 0) is 99.5 Å². The summed E-state index contributed by atoms with van der Waals surface area (Å²) in [6, 6.07) is 14.1. The number of nitrogens with one attached hydrogen (secondary N) is 2. The molecule has 37 heavy (non-hydrogen) atoms. The van der Waals surface area contributed by atoms with E-state index in [0.717, 1.165) is 75.8 Å². The van der Waals surface area contributed by atoms with Gasteiger partial charge in [-0.3, -0.25) is 9.59 Å². The maximum atomic E-state index is 13.3. The molecule has 6 heteroatoms. The molecule has 0 aromatic heterocycles. The molecule has 0 atom stereocenters. The molecule has 1 saturated carbocycles. The van der Waals surface area contributed by atoms with Gasteiger partial charge >= 0.3 is 0 Å². The van der Waals surface area contributed by atoms with Crippen molar-refractivity contribution in [1.82, 2.24) is 10.2 Å². The van der Waals surface area contributed by atoms with Gasteiger partial charge in [-0.25, -0.2) is 0 Å². The molecular weight excluding hydrogens is 482 g/mol. The van der Waals surface area contributed by atoms with Crippen LogP contribution in [0.25, 0.3) is 0 Å². The average molecular weight is 524 g/mol. The molecule has 2 N–H and O–H groups in total. The van der Waals surface area contributed by atoms with Crippen molar-refractivity contribution in [2.75, 3.05) is 31.5 Å². The number of nitrogens with zero attached hydrogens (tertiary/aromatic N) is 1. The van der Waals surface area contributed by atoms with Crippen LogP contribution < -0.4 is 10.6 Å². The molecule has 1 heterocycles. The van der Waals surface area contributed by atoms with Crippen LogP contribution in [0.2, 0.25) is 5.02 Å². The molecule has 2 aliphatic rings. The third-order valence-electron chi connectivity index (χ3n) is 8.41. The van der Waals surface area contributed by atoms with Gasteiger partial charge in [-0.1, -0.05) is 62.6 Å². The van der Waals surface area contributed by atoms with E-state index in [0.29, 0.717) is 17.5 Å². The number of carbonyl (C=O) groups excluding carboxylic acids is 2. The number of piperidine rings is 1. The van der Waals surface area contributed by atoms with Crippen molar-refractivity contribution in [3.05, 3.63) is 64.2 Å². The highest BCUT2D eigenvalue weighted by Crippen LogP contribution is 2.41. The number of hydrogen-bond donors (Lipinski definition) is 2. The quantitative estimate of drug-likeness (QED) is 0.372. The smallest absolute Gasteiger partial charge is 0.230 e. The van der Waals surface area contributed by atoms with Gasteiger partial charge in [0.15, 0.2) is 0 Å². The van der Waals surface area contributed by atoms with E-state index in [1.54, 1.807) is 0 Å². The predicted octanol–water partition coefficient (Wildman–Crippen LogP) is 6.44. The number of rotatable bonds is 9. The highest BCUT2D eigenvalue weighted by molar-refractivity contribution is 6.30. The second kappa shape index (κ2) is 12.4. The minimum Gasteiger partial charge on any atom is -0.355 e. The molecule has 1 aliphatic carbocycles. The van der Waals surface area contributed by atoms with Crippen molar-refractivity contribution in [3.8, 4) is 0 Å². The van der Waals surface area contributed by atoms with Crippen LogP contribution in [0.15, 0.2) is 42.5 Å². The lowest BCUT2D eigenvalue weighted by Gasteiger charge is -2.33. The van der Waals surface area contributed by atoms with Crippen LogP contribution in [-0.2, 0) is 15.0 Å². The van der Waals surface area contributed by atoms with Crippen LogP contribution in [0.1, 0.15) is 81.4 Å². The van der Waals surface area contributed by atoms with Crippen molar-refractivity contribution in [1.29, 1.82) is 0 Å². The largest absolute Gasteiger partial charge is 0.355 e. The molecule has 1 saturated heterocycles. The zero-order valence-corrected chi connectivity index (χ0v) is 23.4. The first-order chi connectivity index (χ1) is 17.8. The summed E-state index contributed by atoms with van der Waals surface area (Å²) >= 11 is 6.09. The Morgan fingerprint density at radius 2 is 1.73 bits per heavy atom. The standard InChI is InChI=1S/C31H42ClN3O2/c1-22(2)29(36)34-28-9-6-8-27(23(28)3)24-14-20-35(21-15-24)19-7-18-33-30(37)31(16-4-5-17-31)25-10-12-26(32)13-11-25/h6,8-13,22,24H,4-5,7,14-21H2,1-3H3,(H,33,37)(H,34,36). The number of anilines is 1. The van der Waals surface area contributed by atoms with Crippen LogP contribution in [0.5, 0.6) is 0 Å². The van der Waals surface area contributed by atoms with Crippen LogP contribution >= 0.6 is 11.6 Å². The van der Waals surface area contributed by atoms with Crippen LogP contribution in [0.4, 0.5) is 5.69 Å². The lowest BCUT2D eigenvalue weighted by Crippen LogP contribution is -2.43. The Morgan fingerprint density at radius 3 is 2.38 bits per heavy atom. The monoisotopic (exact) mass is 523 g/mol. The Hall–Kier alpha value is -2.37. The maximum absolute atomic E-state index is 13.3. The Balaban J connectivity index is 1.24. The minimum atomic E-state index is -0.399. The van der Waals surface area contributed by atoms with Crippen LogP contribution in [0, 0.1) is 12.8 Å². The molecule has 0 bridgehead atoms. The minimum absolute atomic E-state index is 0.0304. The van der Waals surface area contributed by atoms with E-state index >= 15 is 0 Å². The first-order valence-corrected chi connectivity index (χ1v) is 14.3. The third-order valence-corrected chi connectivity index (χ3v) is 8.66. The third kappa shape index (κ3) is 6.56. The van der Waals surface area contributed by atoms with Gasteiger partial charge in [-0.15, -0.1) is 0 Å². The summed E-state index contributed by atoms with van der Waals surface area (Å²) in [4.78, 5) is 28.0. The van der Waals surface area contributed by atoms with Gasteiger partial charge in [0.25, 0.3) is 0 Å². The molecule has 2 amide bonds. The Kier molecular flexibility index (Phi) is 9.31. The zero-order valence-electron chi connectivity index (χ0n) is 22.6. The van der Waals surface area contributed by atoms with Crippen molar-refractivity contribution in [2.45, 2.75) is 77.0 Å². The summed E-state index contributed by atoms with van der Waals surface area (Å²) in [6.45, 7) is 9.81. The van der Waals surface area contributed by atoms with E-state index in [9.17, 15) is 9.59 Å². The topological polar surface area (TPSA) is 61.4 Å². The number of halogens is 1. The van der Waals surface area contributed by atoms with Gasteiger partial charge in [0.1, 0.15) is 0 Å². The summed E-state index contributed by atoms with van der Waals surface area (Å²) in [6.07, 6.45) is 7.21. The molecule has 0 spiro atoms. The molecular formula is C31H42ClN3O2. The summed E-state index contributed by atoms with van der Waals surface area (Å²) in [5.74, 6) is 0.728. The highest BCUT2D eigenvalue weighted by atomic mass is 35.5. The van der Waals surface area contributed by atoms with Crippen molar-refractivity contribution < 1.29 is 9.59 Å². The van der Waals surface area contributed by atoms with E-state index < -0.39 is 5.41 Å². The zero-order chi connectivity index (χ0) is 26.4. The Bertz CT molecular complexity index is 1070. The van der Waals surface area contributed by atoms with Crippen LogP contribution in [0.3, 0.4) is 0 Å². The molecule has 200 valence electrons. The summed E-state index contributed by atoms with van der Waals surface area (Å²) in [7, 11) is 0. The summed E-state index contributed by atoms with van der Waals surface area (Å²) in [5.41, 5.74) is 4.19. The number of carbonyl (C=O) groups is 2. The second-order valence-electron chi connectivity index (χ2n) is 11.2. The molecule has 2 aromatic rings. The van der Waals surface area contributed by atoms with E-state index in [1.807, 2.05) is 44.2 Å². The lowest BCUT2D eigenvalue weighted by molar-refractivity contribution is -0.126. The maximum Gasteiger partial charge on any atom is 0.230 e. The second-order valence-corrected chi connectivity index (χ2v) is 11.6. The van der Waals surface area contributed by atoms with Crippen LogP contribution in [-0.4, -0.2) is 42.9 Å². The van der Waals surface area contributed by atoms with Gasteiger partial charge in [0, 0.05) is 23.2 Å². The van der Waals surface area contributed by atoms with E-state index in [-0.39, 0.29) is 17.7 Å². The fourth-order valence-electron chi connectivity index (χ4n) is 6.04. The molecule has 2 fully saturated rings. The lowest BCUT2D eigenvalue weighted by atomic mass is 9.78. The van der Waals surface area contributed by atoms with E-state index in [2.05, 4.69) is 34.6 Å². The SMILES string of the molecule is Cc1c(NC(=O)C(C)C)cccc1C1CCN(CCCNC(=O)C2(c3ccc(Cl)cc3)CCCC2)CC1. The van der Waals surface area contributed by atoms with Crippen molar-refractivity contribution >= 4 is 29.1 Å². The van der Waals surface area contributed by atoms with Crippen molar-refractivity contribution in [3.63, 3.8) is 0 Å². The van der Waals surface area contributed by atoms with Gasteiger partial charge < -0.3 is 15.5 Å². The van der Waals surface area contributed by atoms with E-state index in [1.165, 1.54) is 11.1 Å². The average Bonchev–Trinajstić information content (AvgIpc) is 3.40. The van der Waals surface area contributed by atoms with Gasteiger partial charge in [0.05, 0.1) is 5.41 Å². The summed E-state index contributed by atoms with van der Waals surface area (Å²) in [5, 5.41) is 7.05. The fraction of sp³-hybridized carbons (Fsp3) is 0.548. The molecule has 5 nitrogen and oxygen atoms in total. The molecule has 1 aliphatic heterocycles. The van der Waals surface area contributed by atoms with E-state index in [4.69, 9.17) is 11.6 Å². The molecule has 2 aromatic carbocycles. The molecule has 0 unspecified atom stereocenters. The first kappa shape index (κ1) is 27.7.